The standard InChI is InChI=1S/C26H39ClO5S/c1-2-3-8-15-26(32,17-19-11-13-20(27)14-12-19)18-33-25-21(22(28)16-23(25)29)9-6-4-5-7-10-24(30)31/h11-14,21,23,25,29,32H,2-10,15-18H2,1H3,(H,30,31)/t21-,23?,25+,26?/m0/s1. The van der Waals surface area contributed by atoms with Gasteiger partial charge >= 0.3 is 5.97 Å². The molecule has 0 spiro atoms. The molecule has 0 bridgehead atoms. The number of unbranched alkanes of at least 4 members (excludes halogenated alkanes) is 5. The van der Waals surface area contributed by atoms with Crippen molar-refractivity contribution in [3.8, 4) is 0 Å². The average molecular weight is 499 g/mol. The first-order valence-corrected chi connectivity index (χ1v) is 13.7. The summed E-state index contributed by atoms with van der Waals surface area (Å²) in [5, 5.41) is 31.3. The molecule has 1 aliphatic carbocycles. The van der Waals surface area contributed by atoms with E-state index in [-0.39, 0.29) is 29.8 Å². The molecule has 1 fully saturated rings. The van der Waals surface area contributed by atoms with Crippen LogP contribution in [0.25, 0.3) is 0 Å². The minimum absolute atomic E-state index is 0.109. The maximum absolute atomic E-state index is 12.5. The minimum Gasteiger partial charge on any atom is -0.481 e. The van der Waals surface area contributed by atoms with Crippen LogP contribution in [0, 0.1) is 5.92 Å². The van der Waals surface area contributed by atoms with Crippen molar-refractivity contribution in [3.05, 3.63) is 34.9 Å². The Hall–Kier alpha value is -1.08. The van der Waals surface area contributed by atoms with E-state index in [0.29, 0.717) is 36.5 Å². The van der Waals surface area contributed by atoms with E-state index in [4.69, 9.17) is 16.7 Å². The van der Waals surface area contributed by atoms with Gasteiger partial charge in [0.1, 0.15) is 5.78 Å². The van der Waals surface area contributed by atoms with Crippen LogP contribution in [0.5, 0.6) is 0 Å². The van der Waals surface area contributed by atoms with Crippen molar-refractivity contribution < 1.29 is 24.9 Å². The van der Waals surface area contributed by atoms with Crippen LogP contribution >= 0.6 is 23.4 Å². The van der Waals surface area contributed by atoms with Crippen molar-refractivity contribution >= 4 is 35.1 Å². The number of carbonyl (C=O) groups excluding carboxylic acids is 1. The number of Topliss-reactive ketones (excluding diaryl/α,β-unsaturated/α-hetero) is 1. The lowest BCUT2D eigenvalue weighted by Crippen LogP contribution is -2.37. The van der Waals surface area contributed by atoms with Crippen LogP contribution in [0.1, 0.15) is 83.1 Å². The summed E-state index contributed by atoms with van der Waals surface area (Å²) in [5.74, 6) is -0.382. The molecular weight excluding hydrogens is 460 g/mol. The number of ketones is 1. The largest absolute Gasteiger partial charge is 0.481 e. The zero-order valence-electron chi connectivity index (χ0n) is 19.7. The van der Waals surface area contributed by atoms with Crippen molar-refractivity contribution in [1.29, 1.82) is 0 Å². The number of benzene rings is 1. The third-order valence-electron chi connectivity index (χ3n) is 6.49. The zero-order chi connectivity index (χ0) is 24.3. The Labute approximate surface area is 207 Å². The molecule has 0 aliphatic heterocycles. The molecule has 4 atom stereocenters. The van der Waals surface area contributed by atoms with Gasteiger partial charge in [0.2, 0.25) is 0 Å². The molecule has 33 heavy (non-hydrogen) atoms. The van der Waals surface area contributed by atoms with Gasteiger partial charge in [-0.1, -0.05) is 69.2 Å². The fourth-order valence-corrected chi connectivity index (χ4v) is 6.33. The van der Waals surface area contributed by atoms with Gasteiger partial charge in [-0.15, -0.1) is 0 Å². The Morgan fingerprint density at radius 3 is 2.48 bits per heavy atom. The number of aliphatic carboxylic acids is 1. The number of carboxylic acids is 1. The highest BCUT2D eigenvalue weighted by molar-refractivity contribution is 8.00. The van der Waals surface area contributed by atoms with Gasteiger partial charge in [-0.3, -0.25) is 9.59 Å². The molecule has 3 N–H and O–H groups in total. The summed E-state index contributed by atoms with van der Waals surface area (Å²) in [5.41, 5.74) is 0.125. The van der Waals surface area contributed by atoms with Crippen LogP contribution in [-0.2, 0) is 16.0 Å². The monoisotopic (exact) mass is 498 g/mol. The van der Waals surface area contributed by atoms with Crippen molar-refractivity contribution in [2.75, 3.05) is 5.75 Å². The first-order valence-electron chi connectivity index (χ1n) is 12.2. The third-order valence-corrected chi connectivity index (χ3v) is 8.48. The van der Waals surface area contributed by atoms with Crippen molar-refractivity contribution in [3.63, 3.8) is 0 Å². The molecule has 0 heterocycles. The minimum atomic E-state index is -0.902. The van der Waals surface area contributed by atoms with E-state index in [9.17, 15) is 19.8 Å². The van der Waals surface area contributed by atoms with Crippen LogP contribution in [0.4, 0.5) is 0 Å². The number of aliphatic hydroxyl groups excluding tert-OH is 1. The van der Waals surface area contributed by atoms with Gasteiger partial charge in [-0.25, -0.2) is 0 Å². The molecule has 1 saturated carbocycles. The second-order valence-corrected chi connectivity index (χ2v) is 11.1. The van der Waals surface area contributed by atoms with Gasteiger partial charge < -0.3 is 15.3 Å². The highest BCUT2D eigenvalue weighted by atomic mass is 35.5. The SMILES string of the molecule is CCCCCC(O)(CS[C@H]1C(O)CC(=O)[C@@H]1CCCCCCC(=O)O)Cc1ccc(Cl)cc1. The number of thioether (sulfide) groups is 1. The quantitative estimate of drug-likeness (QED) is 0.254. The van der Waals surface area contributed by atoms with Crippen molar-refractivity contribution in [2.24, 2.45) is 5.92 Å². The first-order chi connectivity index (χ1) is 15.7. The topological polar surface area (TPSA) is 94.8 Å². The van der Waals surface area contributed by atoms with Gasteiger partial charge in [-0.2, -0.15) is 11.8 Å². The summed E-state index contributed by atoms with van der Waals surface area (Å²) in [7, 11) is 0. The number of carbonyl (C=O) groups is 2. The molecule has 7 heteroatoms. The number of halogens is 1. The van der Waals surface area contributed by atoms with E-state index in [1.165, 1.54) is 11.8 Å². The van der Waals surface area contributed by atoms with E-state index in [1.54, 1.807) is 0 Å². The Balaban J connectivity index is 1.94. The molecular formula is C26H39ClO5S. The van der Waals surface area contributed by atoms with E-state index in [2.05, 4.69) is 6.92 Å². The number of hydrogen-bond donors (Lipinski definition) is 3. The number of carboxylic acid groups (broad SMARTS) is 1. The number of aliphatic hydroxyl groups is 2. The number of rotatable bonds is 16. The third kappa shape index (κ3) is 9.97. The lowest BCUT2D eigenvalue weighted by atomic mass is 9.91. The molecule has 0 amide bonds. The Morgan fingerprint density at radius 1 is 1.12 bits per heavy atom. The van der Waals surface area contributed by atoms with Crippen LogP contribution in [-0.4, -0.2) is 49.8 Å². The second kappa shape index (κ2) is 14.3. The maximum Gasteiger partial charge on any atom is 0.303 e. The van der Waals surface area contributed by atoms with Gasteiger partial charge in [0.05, 0.1) is 11.7 Å². The summed E-state index contributed by atoms with van der Waals surface area (Å²) >= 11 is 7.55. The summed E-state index contributed by atoms with van der Waals surface area (Å²) in [6.07, 6.45) is 7.93. The molecule has 2 unspecified atom stereocenters. The predicted octanol–water partition coefficient (Wildman–Crippen LogP) is 5.67. The van der Waals surface area contributed by atoms with Crippen LogP contribution < -0.4 is 0 Å². The molecule has 5 nitrogen and oxygen atoms in total. The normalized spacial score (nSPS) is 22.4. The highest BCUT2D eigenvalue weighted by Gasteiger charge is 2.42. The van der Waals surface area contributed by atoms with E-state index in [1.807, 2.05) is 24.3 Å². The van der Waals surface area contributed by atoms with Crippen LogP contribution in [0.2, 0.25) is 5.02 Å². The Bertz CT molecular complexity index is 741. The van der Waals surface area contributed by atoms with Crippen molar-refractivity contribution in [2.45, 2.75) is 101 Å². The van der Waals surface area contributed by atoms with Crippen molar-refractivity contribution in [1.82, 2.24) is 0 Å². The van der Waals surface area contributed by atoms with Gasteiger partial charge in [-0.05, 0) is 37.0 Å². The lowest BCUT2D eigenvalue weighted by molar-refractivity contribution is -0.137. The van der Waals surface area contributed by atoms with E-state index in [0.717, 1.165) is 44.1 Å². The lowest BCUT2D eigenvalue weighted by Gasteiger charge is -2.31. The molecule has 1 aromatic rings. The summed E-state index contributed by atoms with van der Waals surface area (Å²) < 4.78 is 0. The van der Waals surface area contributed by atoms with Gasteiger partial charge in [0, 0.05) is 41.2 Å². The van der Waals surface area contributed by atoms with Gasteiger partial charge in [0.25, 0.3) is 0 Å². The second-order valence-electron chi connectivity index (χ2n) is 9.45. The molecule has 186 valence electrons. The summed E-state index contributed by atoms with van der Waals surface area (Å²) in [6.45, 7) is 2.14. The fourth-order valence-electron chi connectivity index (χ4n) is 4.62. The Kier molecular flexibility index (Phi) is 12.2. The molecule has 1 aromatic carbocycles. The molecule has 0 radical (unpaired) electrons. The van der Waals surface area contributed by atoms with E-state index >= 15 is 0 Å². The van der Waals surface area contributed by atoms with Crippen LogP contribution in [0.15, 0.2) is 24.3 Å². The number of hydrogen-bond acceptors (Lipinski definition) is 5. The van der Waals surface area contributed by atoms with Crippen LogP contribution in [0.3, 0.4) is 0 Å². The van der Waals surface area contributed by atoms with E-state index < -0.39 is 17.7 Å². The molecule has 0 aromatic heterocycles. The first kappa shape index (κ1) is 28.2. The maximum atomic E-state index is 12.5. The molecule has 1 aliphatic rings. The fraction of sp³-hybridized carbons (Fsp3) is 0.692. The smallest absolute Gasteiger partial charge is 0.303 e. The average Bonchev–Trinajstić information content (AvgIpc) is 3.03. The highest BCUT2D eigenvalue weighted by Crippen LogP contribution is 2.39. The zero-order valence-corrected chi connectivity index (χ0v) is 21.3. The predicted molar refractivity (Wildman–Crippen MR) is 135 cm³/mol. The summed E-state index contributed by atoms with van der Waals surface area (Å²) in [6, 6.07) is 7.56. The van der Waals surface area contributed by atoms with Gasteiger partial charge in [0.15, 0.2) is 0 Å². The summed E-state index contributed by atoms with van der Waals surface area (Å²) in [4.78, 5) is 23.2. The Morgan fingerprint density at radius 2 is 1.82 bits per heavy atom. The molecule has 2 rings (SSSR count). The molecule has 0 saturated heterocycles.